The molecular formula is C20H25N5O2S. The molecule has 0 radical (unpaired) electrons. The summed E-state index contributed by atoms with van der Waals surface area (Å²) in [5, 5.41) is 4.61. The van der Waals surface area contributed by atoms with Crippen LogP contribution in [0.4, 0.5) is 0 Å². The fraction of sp³-hybridized carbons (Fsp3) is 0.450. The number of aryl methyl sites for hydroxylation is 2. The maximum Gasteiger partial charge on any atom is 0.274 e. The van der Waals surface area contributed by atoms with Crippen molar-refractivity contribution in [2.75, 3.05) is 32.8 Å². The van der Waals surface area contributed by atoms with Gasteiger partial charge in [-0.15, -0.1) is 11.3 Å². The Morgan fingerprint density at radius 1 is 1.25 bits per heavy atom. The normalized spacial score (nSPS) is 14.7. The quantitative estimate of drug-likeness (QED) is 0.644. The van der Waals surface area contributed by atoms with Crippen molar-refractivity contribution in [1.82, 2.24) is 24.6 Å². The number of pyridine rings is 1. The molecule has 3 aromatic rings. The minimum Gasteiger partial charge on any atom is -0.378 e. The number of rotatable bonds is 6. The van der Waals surface area contributed by atoms with Crippen LogP contribution in [0.3, 0.4) is 0 Å². The zero-order valence-corrected chi connectivity index (χ0v) is 17.1. The highest BCUT2D eigenvalue weighted by atomic mass is 32.1. The summed E-state index contributed by atoms with van der Waals surface area (Å²) in [7, 11) is 0. The van der Waals surface area contributed by atoms with E-state index < -0.39 is 0 Å². The van der Waals surface area contributed by atoms with E-state index in [0.717, 1.165) is 35.0 Å². The van der Waals surface area contributed by atoms with Crippen LogP contribution in [0.2, 0.25) is 0 Å². The minimum absolute atomic E-state index is 0.0185. The van der Waals surface area contributed by atoms with Crippen molar-refractivity contribution in [3.8, 4) is 0 Å². The Morgan fingerprint density at radius 2 is 2.07 bits per heavy atom. The third-order valence-corrected chi connectivity index (χ3v) is 6.14. The summed E-state index contributed by atoms with van der Waals surface area (Å²) in [4.78, 5) is 25.4. The van der Waals surface area contributed by atoms with Gasteiger partial charge < -0.3 is 19.4 Å². The van der Waals surface area contributed by atoms with Crippen molar-refractivity contribution >= 4 is 22.9 Å². The summed E-state index contributed by atoms with van der Waals surface area (Å²) in [6.45, 7) is 7.93. The predicted octanol–water partition coefficient (Wildman–Crippen LogP) is 2.21. The molecule has 0 saturated carbocycles. The van der Waals surface area contributed by atoms with Gasteiger partial charge in [0.1, 0.15) is 5.65 Å². The van der Waals surface area contributed by atoms with E-state index in [2.05, 4.69) is 22.2 Å². The van der Waals surface area contributed by atoms with Gasteiger partial charge in [-0.3, -0.25) is 4.79 Å². The van der Waals surface area contributed by atoms with Gasteiger partial charge in [0, 0.05) is 43.7 Å². The first kappa shape index (κ1) is 19.0. The number of ether oxygens (including phenoxy) is 1. The largest absolute Gasteiger partial charge is 0.378 e. The molecule has 148 valence electrons. The number of hydrogen-bond acceptors (Lipinski definition) is 6. The lowest BCUT2D eigenvalue weighted by Crippen LogP contribution is -2.41. The number of carbonyl (C=O) groups is 1. The Labute approximate surface area is 168 Å². The highest BCUT2D eigenvalue weighted by Crippen LogP contribution is 2.18. The lowest BCUT2D eigenvalue weighted by atomic mass is 10.2. The molecule has 3 aromatic heterocycles. The smallest absolute Gasteiger partial charge is 0.274 e. The molecule has 1 saturated heterocycles. The first-order chi connectivity index (χ1) is 13.6. The average Bonchev–Trinajstić information content (AvgIpc) is 3.25. The van der Waals surface area contributed by atoms with E-state index in [1.165, 1.54) is 4.88 Å². The molecule has 0 aliphatic carbocycles. The molecule has 0 atom stereocenters. The van der Waals surface area contributed by atoms with E-state index in [-0.39, 0.29) is 5.91 Å². The number of carbonyl (C=O) groups excluding carboxylic acids is 1. The monoisotopic (exact) mass is 399 g/mol. The van der Waals surface area contributed by atoms with Crippen LogP contribution in [0.5, 0.6) is 0 Å². The summed E-state index contributed by atoms with van der Waals surface area (Å²) in [5.74, 6) is -0.0185. The molecule has 1 aliphatic rings. The van der Waals surface area contributed by atoms with Gasteiger partial charge in [0.15, 0.2) is 5.69 Å². The zero-order chi connectivity index (χ0) is 19.5. The second-order valence-electron chi connectivity index (χ2n) is 6.92. The molecule has 1 aliphatic heterocycles. The molecule has 28 heavy (non-hydrogen) atoms. The molecule has 1 N–H and O–H groups in total. The number of nitrogens with zero attached hydrogens (tertiary/aromatic N) is 4. The van der Waals surface area contributed by atoms with E-state index in [1.54, 1.807) is 11.3 Å². The molecule has 8 heteroatoms. The fourth-order valence-electron chi connectivity index (χ4n) is 3.35. The van der Waals surface area contributed by atoms with E-state index in [9.17, 15) is 4.79 Å². The maximum atomic E-state index is 13.0. The zero-order valence-electron chi connectivity index (χ0n) is 16.3. The molecule has 4 heterocycles. The standard InChI is InChI=1S/C20H25N5O2S/c1-14-15(2)28-18(22-14)6-7-21-13-16-19(20(26)24-9-11-27-12-10-24)23-17-5-3-4-8-25(16)17/h3-5,8,21H,6-7,9-13H2,1-2H3. The average molecular weight is 400 g/mol. The van der Waals surface area contributed by atoms with E-state index in [1.807, 2.05) is 40.6 Å². The van der Waals surface area contributed by atoms with Crippen molar-refractivity contribution in [3.63, 3.8) is 0 Å². The molecular weight excluding hydrogens is 374 g/mol. The second kappa shape index (κ2) is 8.38. The minimum atomic E-state index is -0.0185. The number of aromatic nitrogens is 3. The first-order valence-corrected chi connectivity index (χ1v) is 10.4. The Bertz CT molecular complexity index is 955. The van der Waals surface area contributed by atoms with E-state index in [4.69, 9.17) is 4.74 Å². The highest BCUT2D eigenvalue weighted by molar-refractivity contribution is 7.11. The number of amides is 1. The van der Waals surface area contributed by atoms with Gasteiger partial charge in [-0.1, -0.05) is 6.07 Å². The van der Waals surface area contributed by atoms with Gasteiger partial charge in [0.2, 0.25) is 0 Å². The number of imidazole rings is 1. The van der Waals surface area contributed by atoms with Crippen molar-refractivity contribution in [1.29, 1.82) is 0 Å². The summed E-state index contributed by atoms with van der Waals surface area (Å²) < 4.78 is 7.37. The fourth-order valence-corrected chi connectivity index (χ4v) is 4.28. The van der Waals surface area contributed by atoms with Crippen LogP contribution < -0.4 is 5.32 Å². The summed E-state index contributed by atoms with van der Waals surface area (Å²) in [6, 6.07) is 5.83. The van der Waals surface area contributed by atoms with Crippen molar-refractivity contribution in [2.24, 2.45) is 0 Å². The third-order valence-electron chi connectivity index (χ3n) is 5.01. The maximum absolute atomic E-state index is 13.0. The molecule has 1 fully saturated rings. The van der Waals surface area contributed by atoms with Crippen LogP contribution in [0.1, 0.15) is 31.8 Å². The highest BCUT2D eigenvalue weighted by Gasteiger charge is 2.25. The number of thiazole rings is 1. The first-order valence-electron chi connectivity index (χ1n) is 9.60. The van der Waals surface area contributed by atoms with Crippen molar-refractivity contribution < 1.29 is 9.53 Å². The van der Waals surface area contributed by atoms with Gasteiger partial charge in [-0.25, -0.2) is 9.97 Å². The van der Waals surface area contributed by atoms with Gasteiger partial charge in [-0.2, -0.15) is 0 Å². The number of hydrogen-bond donors (Lipinski definition) is 1. The third kappa shape index (κ3) is 3.94. The van der Waals surface area contributed by atoms with Gasteiger partial charge in [0.25, 0.3) is 5.91 Å². The van der Waals surface area contributed by atoms with Gasteiger partial charge in [-0.05, 0) is 26.0 Å². The lowest BCUT2D eigenvalue weighted by Gasteiger charge is -2.26. The number of fused-ring (bicyclic) bond motifs is 1. The van der Waals surface area contributed by atoms with E-state index in [0.29, 0.717) is 38.5 Å². The van der Waals surface area contributed by atoms with E-state index >= 15 is 0 Å². The van der Waals surface area contributed by atoms with Crippen LogP contribution >= 0.6 is 11.3 Å². The lowest BCUT2D eigenvalue weighted by molar-refractivity contribution is 0.0298. The molecule has 7 nitrogen and oxygen atoms in total. The Morgan fingerprint density at radius 3 is 2.82 bits per heavy atom. The van der Waals surface area contributed by atoms with Gasteiger partial charge >= 0.3 is 0 Å². The SMILES string of the molecule is Cc1nc(CCNCc2c(C(=O)N3CCOCC3)nc3ccccn23)sc1C. The van der Waals surface area contributed by atoms with Crippen LogP contribution in [0, 0.1) is 13.8 Å². The molecule has 1 amide bonds. The summed E-state index contributed by atoms with van der Waals surface area (Å²) in [5.41, 5.74) is 3.34. The summed E-state index contributed by atoms with van der Waals surface area (Å²) in [6.07, 6.45) is 2.84. The number of nitrogens with one attached hydrogen (secondary N) is 1. The van der Waals surface area contributed by atoms with Gasteiger partial charge in [0.05, 0.1) is 29.6 Å². The Hall–Kier alpha value is -2.29. The molecule has 0 spiro atoms. The van der Waals surface area contributed by atoms with Crippen molar-refractivity contribution in [3.05, 3.63) is 51.4 Å². The Kier molecular flexibility index (Phi) is 5.70. The van der Waals surface area contributed by atoms with Crippen molar-refractivity contribution in [2.45, 2.75) is 26.8 Å². The summed E-state index contributed by atoms with van der Waals surface area (Å²) >= 11 is 1.75. The molecule has 0 aromatic carbocycles. The van der Waals surface area contributed by atoms with Crippen LogP contribution in [-0.2, 0) is 17.7 Å². The Balaban J connectivity index is 1.49. The number of morpholine rings is 1. The van der Waals surface area contributed by atoms with Crippen LogP contribution in [0.15, 0.2) is 24.4 Å². The van der Waals surface area contributed by atoms with Crippen LogP contribution in [0.25, 0.3) is 5.65 Å². The molecule has 4 rings (SSSR count). The second-order valence-corrected chi connectivity index (χ2v) is 8.20. The molecule has 0 unspecified atom stereocenters. The predicted molar refractivity (Wildman–Crippen MR) is 109 cm³/mol. The molecule has 0 bridgehead atoms. The topological polar surface area (TPSA) is 71.8 Å². The van der Waals surface area contributed by atoms with Crippen LogP contribution in [-0.4, -0.2) is 58.0 Å².